The molecule has 0 radical (unpaired) electrons. The van der Waals surface area contributed by atoms with E-state index in [9.17, 15) is 0 Å². The van der Waals surface area contributed by atoms with E-state index in [4.69, 9.17) is 11.6 Å². The summed E-state index contributed by atoms with van der Waals surface area (Å²) in [7, 11) is 4.00. The number of anilines is 2. The molecule has 2 rings (SSSR count). The van der Waals surface area contributed by atoms with Gasteiger partial charge < -0.3 is 9.80 Å². The fourth-order valence-electron chi connectivity index (χ4n) is 1.80. The molecule has 1 unspecified atom stereocenters. The summed E-state index contributed by atoms with van der Waals surface area (Å²) >= 11 is 5.85. The average molecular weight is 210 g/mol. The second-order valence-corrected chi connectivity index (χ2v) is 3.74. The Balaban J connectivity index is 2.52. The highest BCUT2D eigenvalue weighted by atomic mass is 35.5. The van der Waals surface area contributed by atoms with E-state index in [1.54, 1.807) is 6.07 Å². The van der Waals surface area contributed by atoms with Crippen LogP contribution in [0.2, 0.25) is 5.15 Å². The number of pyridine rings is 1. The molecule has 0 spiro atoms. The quantitative estimate of drug-likeness (QED) is 0.522. The van der Waals surface area contributed by atoms with Gasteiger partial charge in [0.25, 0.3) is 0 Å². The van der Waals surface area contributed by atoms with Crippen molar-refractivity contribution in [2.24, 2.45) is 0 Å². The minimum absolute atomic E-state index is 0.163. The minimum Gasteiger partial charge on any atom is -0.348 e. The first-order valence-electron chi connectivity index (χ1n) is 4.40. The number of aromatic nitrogens is 1. The molecule has 14 heavy (non-hydrogen) atoms. The van der Waals surface area contributed by atoms with Gasteiger partial charge in [0.15, 0.2) is 5.82 Å². The Morgan fingerprint density at radius 1 is 1.43 bits per heavy atom. The summed E-state index contributed by atoms with van der Waals surface area (Å²) in [5.41, 5.74) is 1.09. The topological polar surface area (TPSA) is 19.4 Å². The first-order chi connectivity index (χ1) is 6.65. The van der Waals surface area contributed by atoms with Gasteiger partial charge in [-0.25, -0.2) is 4.98 Å². The lowest BCUT2D eigenvalue weighted by molar-refractivity contribution is 0.771. The smallest absolute Gasteiger partial charge is 0.155 e. The fraction of sp³-hybridized carbons (Fsp3) is 0.300. The van der Waals surface area contributed by atoms with Gasteiger partial charge in [0.2, 0.25) is 0 Å². The molecule has 0 fully saturated rings. The number of rotatable bonds is 1. The highest BCUT2D eigenvalue weighted by Crippen LogP contribution is 2.36. The van der Waals surface area contributed by atoms with Crippen LogP contribution in [0.4, 0.5) is 11.5 Å². The summed E-state index contributed by atoms with van der Waals surface area (Å²) in [6.45, 7) is 3.80. The van der Waals surface area contributed by atoms with Crippen LogP contribution >= 0.6 is 11.6 Å². The molecule has 1 aromatic heterocycles. The van der Waals surface area contributed by atoms with Crippen LogP contribution in [-0.4, -0.2) is 25.2 Å². The van der Waals surface area contributed by atoms with Crippen molar-refractivity contribution in [2.45, 2.75) is 6.17 Å². The molecule has 74 valence electrons. The van der Waals surface area contributed by atoms with Gasteiger partial charge in [-0.3, -0.25) is 0 Å². The van der Waals surface area contributed by atoms with Crippen LogP contribution in [0.3, 0.4) is 0 Å². The van der Waals surface area contributed by atoms with Gasteiger partial charge in [0.1, 0.15) is 11.3 Å². The predicted molar refractivity (Wildman–Crippen MR) is 60.0 cm³/mol. The Hall–Kier alpha value is -1.22. The van der Waals surface area contributed by atoms with E-state index in [1.165, 1.54) is 0 Å². The molecule has 0 bridgehead atoms. The van der Waals surface area contributed by atoms with E-state index in [1.807, 2.05) is 31.1 Å². The van der Waals surface area contributed by atoms with Crippen LogP contribution in [0.1, 0.15) is 0 Å². The highest BCUT2D eigenvalue weighted by Gasteiger charge is 2.29. The SMILES string of the molecule is C=CC1N(C)c2ccc(Cl)nc2N1C. The van der Waals surface area contributed by atoms with Crippen molar-refractivity contribution in [3.63, 3.8) is 0 Å². The second kappa shape index (κ2) is 3.17. The highest BCUT2D eigenvalue weighted by molar-refractivity contribution is 6.29. The number of hydrogen-bond acceptors (Lipinski definition) is 3. The maximum atomic E-state index is 5.85. The largest absolute Gasteiger partial charge is 0.348 e. The van der Waals surface area contributed by atoms with Gasteiger partial charge in [-0.1, -0.05) is 18.2 Å². The van der Waals surface area contributed by atoms with E-state index in [2.05, 4.69) is 16.5 Å². The Kier molecular flexibility index (Phi) is 2.11. The third kappa shape index (κ3) is 1.16. The molecular weight excluding hydrogens is 198 g/mol. The Morgan fingerprint density at radius 3 is 2.79 bits per heavy atom. The molecule has 0 saturated carbocycles. The molecule has 4 heteroatoms. The molecule has 0 amide bonds. The third-order valence-corrected chi connectivity index (χ3v) is 2.75. The third-order valence-electron chi connectivity index (χ3n) is 2.54. The van der Waals surface area contributed by atoms with E-state index in [-0.39, 0.29) is 6.17 Å². The van der Waals surface area contributed by atoms with Gasteiger partial charge in [0.05, 0.1) is 5.69 Å². The predicted octanol–water partition coefficient (Wildman–Crippen LogP) is 2.13. The molecule has 1 aromatic rings. The summed E-state index contributed by atoms with van der Waals surface area (Å²) < 4.78 is 0. The van der Waals surface area contributed by atoms with Crippen molar-refractivity contribution in [3.8, 4) is 0 Å². The molecule has 1 atom stereocenters. The molecule has 1 aliphatic rings. The molecule has 0 N–H and O–H groups in total. The number of likely N-dealkylation sites (N-methyl/N-ethyl adjacent to an activating group) is 2. The molecule has 2 heterocycles. The summed E-state index contributed by atoms with van der Waals surface area (Å²) in [5.74, 6) is 0.907. The van der Waals surface area contributed by atoms with Gasteiger partial charge >= 0.3 is 0 Å². The number of nitrogens with zero attached hydrogens (tertiary/aromatic N) is 3. The lowest BCUT2D eigenvalue weighted by Crippen LogP contribution is -2.36. The lowest BCUT2D eigenvalue weighted by atomic mass is 10.4. The maximum Gasteiger partial charge on any atom is 0.155 e. The molecule has 0 aromatic carbocycles. The zero-order valence-corrected chi connectivity index (χ0v) is 8.99. The maximum absolute atomic E-state index is 5.85. The zero-order valence-electron chi connectivity index (χ0n) is 8.24. The molecule has 0 aliphatic carbocycles. The summed E-state index contributed by atoms with van der Waals surface area (Å²) in [6.07, 6.45) is 2.05. The Bertz CT molecular complexity index is 378. The van der Waals surface area contributed by atoms with Crippen molar-refractivity contribution >= 4 is 23.1 Å². The normalized spacial score (nSPS) is 19.8. The number of halogens is 1. The van der Waals surface area contributed by atoms with Crippen molar-refractivity contribution < 1.29 is 0 Å². The van der Waals surface area contributed by atoms with Crippen LogP contribution in [0.25, 0.3) is 0 Å². The van der Waals surface area contributed by atoms with Gasteiger partial charge in [0, 0.05) is 14.1 Å². The summed E-state index contributed by atoms with van der Waals surface area (Å²) in [5, 5.41) is 0.522. The molecule has 0 saturated heterocycles. The van der Waals surface area contributed by atoms with Crippen molar-refractivity contribution in [1.29, 1.82) is 0 Å². The first kappa shape index (κ1) is 9.34. The van der Waals surface area contributed by atoms with E-state index < -0.39 is 0 Å². The molecular formula is C10H12ClN3. The van der Waals surface area contributed by atoms with Gasteiger partial charge in [-0.05, 0) is 18.2 Å². The first-order valence-corrected chi connectivity index (χ1v) is 4.77. The monoisotopic (exact) mass is 209 g/mol. The van der Waals surface area contributed by atoms with E-state index >= 15 is 0 Å². The lowest BCUT2D eigenvalue weighted by Gasteiger charge is -2.23. The Morgan fingerprint density at radius 2 is 2.14 bits per heavy atom. The van der Waals surface area contributed by atoms with E-state index in [0.29, 0.717) is 5.15 Å². The van der Waals surface area contributed by atoms with Crippen LogP contribution in [0, 0.1) is 0 Å². The average Bonchev–Trinajstić information content (AvgIpc) is 2.39. The van der Waals surface area contributed by atoms with Gasteiger partial charge in [-0.2, -0.15) is 0 Å². The summed E-state index contributed by atoms with van der Waals surface area (Å²) in [4.78, 5) is 8.45. The zero-order chi connectivity index (χ0) is 10.3. The fourth-order valence-corrected chi connectivity index (χ4v) is 1.94. The second-order valence-electron chi connectivity index (χ2n) is 3.35. The van der Waals surface area contributed by atoms with Crippen LogP contribution in [0.15, 0.2) is 24.8 Å². The van der Waals surface area contributed by atoms with Crippen LogP contribution < -0.4 is 9.80 Å². The van der Waals surface area contributed by atoms with Crippen molar-refractivity contribution in [1.82, 2.24) is 4.98 Å². The number of fused-ring (bicyclic) bond motifs is 1. The van der Waals surface area contributed by atoms with Crippen molar-refractivity contribution in [3.05, 3.63) is 29.9 Å². The number of hydrogen-bond donors (Lipinski definition) is 0. The minimum atomic E-state index is 0.163. The standard InChI is InChI=1S/C10H12ClN3/c1-4-9-13(2)7-5-6-8(11)12-10(7)14(9)3/h4-6,9H,1H2,2-3H3. The van der Waals surface area contributed by atoms with E-state index in [0.717, 1.165) is 11.5 Å². The Labute approximate surface area is 88.6 Å². The van der Waals surface area contributed by atoms with Crippen molar-refractivity contribution in [2.75, 3.05) is 23.9 Å². The van der Waals surface area contributed by atoms with Crippen LogP contribution in [0.5, 0.6) is 0 Å². The molecule has 1 aliphatic heterocycles. The van der Waals surface area contributed by atoms with Crippen LogP contribution in [-0.2, 0) is 0 Å². The summed E-state index contributed by atoms with van der Waals surface area (Å²) in [6, 6.07) is 3.78. The van der Waals surface area contributed by atoms with Gasteiger partial charge in [-0.15, -0.1) is 0 Å². The molecule has 3 nitrogen and oxygen atoms in total.